The van der Waals surface area contributed by atoms with Gasteiger partial charge >= 0.3 is 0 Å². The number of amides is 3. The van der Waals surface area contributed by atoms with E-state index in [1.54, 1.807) is 6.07 Å². The fourth-order valence-electron chi connectivity index (χ4n) is 3.69. The summed E-state index contributed by atoms with van der Waals surface area (Å²) in [5, 5.41) is 2.54. The van der Waals surface area contributed by atoms with Gasteiger partial charge in [0.2, 0.25) is 17.7 Å². The molecule has 6 heteroatoms. The highest BCUT2D eigenvalue weighted by Crippen LogP contribution is 2.37. The van der Waals surface area contributed by atoms with E-state index in [-0.39, 0.29) is 35.3 Å². The van der Waals surface area contributed by atoms with E-state index >= 15 is 0 Å². The summed E-state index contributed by atoms with van der Waals surface area (Å²) in [5.41, 5.74) is 0.0458. The van der Waals surface area contributed by atoms with E-state index < -0.39 is 17.8 Å². The Hall–Kier alpha value is -2.50. The van der Waals surface area contributed by atoms with Gasteiger partial charge in [-0.2, -0.15) is 0 Å². The highest BCUT2D eigenvalue weighted by atomic mass is 19.1. The van der Waals surface area contributed by atoms with Crippen molar-refractivity contribution in [3.8, 4) is 0 Å². The van der Waals surface area contributed by atoms with Crippen LogP contribution in [0, 0.1) is 23.6 Å². The minimum atomic E-state index is -0.930. The van der Waals surface area contributed by atoms with E-state index in [2.05, 4.69) is 5.32 Å². The topological polar surface area (TPSA) is 66.5 Å². The summed E-state index contributed by atoms with van der Waals surface area (Å²) in [5.74, 6) is -2.35. The third kappa shape index (κ3) is 3.41. The van der Waals surface area contributed by atoms with Crippen LogP contribution in [0.5, 0.6) is 0 Å². The quantitative estimate of drug-likeness (QED) is 0.650. The van der Waals surface area contributed by atoms with Gasteiger partial charge in [0.15, 0.2) is 0 Å². The van der Waals surface area contributed by atoms with Gasteiger partial charge in [-0.25, -0.2) is 4.39 Å². The summed E-state index contributed by atoms with van der Waals surface area (Å²) in [7, 11) is 0. The van der Waals surface area contributed by atoms with Crippen molar-refractivity contribution in [2.75, 3.05) is 5.32 Å². The summed E-state index contributed by atoms with van der Waals surface area (Å²) in [6.45, 7) is 3.84. The number of imide groups is 1. The average molecular weight is 358 g/mol. The molecule has 1 aliphatic carbocycles. The van der Waals surface area contributed by atoms with Gasteiger partial charge in [0.25, 0.3) is 0 Å². The first-order valence-corrected chi connectivity index (χ1v) is 8.97. The third-order valence-electron chi connectivity index (χ3n) is 4.98. The van der Waals surface area contributed by atoms with Crippen LogP contribution in [-0.4, -0.2) is 28.7 Å². The smallest absolute Gasteiger partial charge is 0.247 e. The van der Waals surface area contributed by atoms with Gasteiger partial charge in [-0.1, -0.05) is 38.1 Å². The second kappa shape index (κ2) is 7.40. The lowest BCUT2D eigenvalue weighted by Crippen LogP contribution is -2.48. The van der Waals surface area contributed by atoms with Crippen LogP contribution in [0.3, 0.4) is 0 Å². The van der Waals surface area contributed by atoms with Crippen molar-refractivity contribution in [3.05, 3.63) is 42.2 Å². The highest BCUT2D eigenvalue weighted by molar-refractivity contribution is 6.10. The van der Waals surface area contributed by atoms with Gasteiger partial charge in [0.05, 0.1) is 17.5 Å². The average Bonchev–Trinajstić information content (AvgIpc) is 2.86. The molecular formula is C20H23FN2O3. The molecule has 1 aliphatic heterocycles. The number of fused-ring (bicyclic) bond motifs is 1. The first-order chi connectivity index (χ1) is 12.4. The third-order valence-corrected chi connectivity index (χ3v) is 4.98. The van der Waals surface area contributed by atoms with Crippen LogP contribution in [0.4, 0.5) is 10.1 Å². The number of nitrogens with zero attached hydrogens (tertiary/aromatic N) is 1. The minimum absolute atomic E-state index is 0.0458. The molecule has 0 bridgehead atoms. The van der Waals surface area contributed by atoms with Gasteiger partial charge in [0, 0.05) is 0 Å². The summed E-state index contributed by atoms with van der Waals surface area (Å²) >= 11 is 0. The molecule has 3 amide bonds. The number of para-hydroxylation sites is 1. The Bertz CT molecular complexity index is 733. The molecule has 1 aromatic rings. The van der Waals surface area contributed by atoms with Gasteiger partial charge < -0.3 is 5.32 Å². The highest BCUT2D eigenvalue weighted by Gasteiger charge is 2.51. The van der Waals surface area contributed by atoms with Crippen LogP contribution in [0.25, 0.3) is 0 Å². The zero-order valence-electron chi connectivity index (χ0n) is 14.9. The van der Waals surface area contributed by atoms with Crippen LogP contribution in [0.1, 0.15) is 33.1 Å². The van der Waals surface area contributed by atoms with E-state index in [0.29, 0.717) is 19.3 Å². The van der Waals surface area contributed by atoms with Crippen molar-refractivity contribution in [2.45, 2.75) is 39.2 Å². The Kier molecular flexibility index (Phi) is 5.20. The largest absolute Gasteiger partial charge is 0.322 e. The number of allylic oxidation sites excluding steroid dienone is 2. The second-order valence-corrected chi connectivity index (χ2v) is 7.32. The van der Waals surface area contributed by atoms with Crippen molar-refractivity contribution in [3.63, 3.8) is 0 Å². The molecule has 5 nitrogen and oxygen atoms in total. The van der Waals surface area contributed by atoms with Crippen molar-refractivity contribution >= 4 is 23.4 Å². The summed E-state index contributed by atoms with van der Waals surface area (Å²) < 4.78 is 13.9. The molecule has 3 atom stereocenters. The van der Waals surface area contributed by atoms with Gasteiger partial charge in [0.1, 0.15) is 11.9 Å². The zero-order chi connectivity index (χ0) is 18.8. The molecule has 0 saturated carbocycles. The first-order valence-electron chi connectivity index (χ1n) is 8.97. The van der Waals surface area contributed by atoms with Gasteiger partial charge in [-0.3, -0.25) is 19.3 Å². The lowest BCUT2D eigenvalue weighted by molar-refractivity contribution is -0.147. The predicted octanol–water partition coefficient (Wildman–Crippen LogP) is 3.13. The summed E-state index contributed by atoms with van der Waals surface area (Å²) in [6, 6.07) is 4.92. The van der Waals surface area contributed by atoms with Gasteiger partial charge in [-0.05, 0) is 37.3 Å². The van der Waals surface area contributed by atoms with Crippen molar-refractivity contribution < 1.29 is 18.8 Å². The van der Waals surface area contributed by atoms with E-state index in [1.807, 2.05) is 26.0 Å². The Labute approximate surface area is 152 Å². The second-order valence-electron chi connectivity index (χ2n) is 7.32. The van der Waals surface area contributed by atoms with E-state index in [1.165, 1.54) is 18.2 Å². The molecule has 3 rings (SSSR count). The maximum absolute atomic E-state index is 13.9. The van der Waals surface area contributed by atoms with Gasteiger partial charge in [-0.15, -0.1) is 0 Å². The summed E-state index contributed by atoms with van der Waals surface area (Å²) in [6.07, 6.45) is 5.20. The molecule has 0 spiro atoms. The Morgan fingerprint density at radius 1 is 1.15 bits per heavy atom. The first kappa shape index (κ1) is 18.3. The number of carbonyl (C=O) groups is 3. The number of halogens is 1. The van der Waals surface area contributed by atoms with E-state index in [4.69, 9.17) is 0 Å². The molecule has 2 aliphatic rings. The van der Waals surface area contributed by atoms with E-state index in [0.717, 1.165) is 4.90 Å². The normalized spacial score (nSPS) is 23.3. The van der Waals surface area contributed by atoms with Crippen molar-refractivity contribution in [1.29, 1.82) is 0 Å². The SMILES string of the molecule is CC(C)CC(C(=O)Nc1ccccc1F)N1C(=O)C2CC=CCC2C1=O. The molecule has 138 valence electrons. The number of likely N-dealkylation sites (tertiary alicyclic amines) is 1. The number of nitrogens with one attached hydrogen (secondary N) is 1. The number of benzene rings is 1. The molecule has 0 radical (unpaired) electrons. The molecule has 0 aromatic heterocycles. The number of anilines is 1. The Morgan fingerprint density at radius 2 is 1.73 bits per heavy atom. The number of hydrogen-bond donors (Lipinski definition) is 1. The van der Waals surface area contributed by atoms with Crippen LogP contribution in [0.15, 0.2) is 36.4 Å². The van der Waals surface area contributed by atoms with Crippen LogP contribution < -0.4 is 5.32 Å². The molecule has 1 heterocycles. The maximum atomic E-state index is 13.9. The standard InChI is InChI=1S/C20H23FN2O3/c1-12(2)11-17(18(24)22-16-10-6-5-9-15(16)21)23-19(25)13-7-3-4-8-14(13)20(23)26/h3-6,9-10,12-14,17H,7-8,11H2,1-2H3,(H,22,24). The molecule has 1 fully saturated rings. The molecule has 26 heavy (non-hydrogen) atoms. The van der Waals surface area contributed by atoms with Crippen molar-refractivity contribution in [1.82, 2.24) is 4.90 Å². The summed E-state index contributed by atoms with van der Waals surface area (Å²) in [4.78, 5) is 39.6. The number of rotatable bonds is 5. The van der Waals surface area contributed by atoms with Crippen LogP contribution in [-0.2, 0) is 14.4 Å². The Balaban J connectivity index is 1.86. The van der Waals surface area contributed by atoms with Crippen molar-refractivity contribution in [2.24, 2.45) is 17.8 Å². The molecule has 1 N–H and O–H groups in total. The fourth-order valence-corrected chi connectivity index (χ4v) is 3.69. The molecule has 3 unspecified atom stereocenters. The number of hydrogen-bond acceptors (Lipinski definition) is 3. The Morgan fingerprint density at radius 3 is 2.27 bits per heavy atom. The number of carbonyl (C=O) groups excluding carboxylic acids is 3. The van der Waals surface area contributed by atoms with Crippen LogP contribution >= 0.6 is 0 Å². The molecule has 1 saturated heterocycles. The minimum Gasteiger partial charge on any atom is -0.322 e. The fraction of sp³-hybridized carbons (Fsp3) is 0.450. The maximum Gasteiger partial charge on any atom is 0.247 e. The lowest BCUT2D eigenvalue weighted by Gasteiger charge is -2.27. The van der Waals surface area contributed by atoms with E-state index in [9.17, 15) is 18.8 Å². The predicted molar refractivity (Wildman–Crippen MR) is 95.5 cm³/mol. The molecular weight excluding hydrogens is 335 g/mol. The zero-order valence-corrected chi connectivity index (χ0v) is 14.9. The monoisotopic (exact) mass is 358 g/mol. The van der Waals surface area contributed by atoms with Crippen LogP contribution in [0.2, 0.25) is 0 Å². The lowest BCUT2D eigenvalue weighted by atomic mass is 9.85. The molecule has 1 aromatic carbocycles.